The van der Waals surface area contributed by atoms with Gasteiger partial charge in [-0.2, -0.15) is 27.1 Å². The lowest BCUT2D eigenvalue weighted by Crippen LogP contribution is -2.43. The fourth-order valence-electron chi connectivity index (χ4n) is 3.71. The molecule has 0 radical (unpaired) electrons. The van der Waals surface area contributed by atoms with Crippen LogP contribution >= 0.6 is 0 Å². The van der Waals surface area contributed by atoms with E-state index < -0.39 is 47.6 Å². The van der Waals surface area contributed by atoms with Gasteiger partial charge in [0.05, 0.1) is 11.7 Å². The molecule has 1 aromatic heterocycles. The van der Waals surface area contributed by atoms with E-state index in [0.29, 0.717) is 24.6 Å². The van der Waals surface area contributed by atoms with Crippen molar-refractivity contribution in [2.45, 2.75) is 31.0 Å². The van der Waals surface area contributed by atoms with E-state index in [2.05, 4.69) is 15.4 Å². The number of aromatic nitrogens is 1. The van der Waals surface area contributed by atoms with E-state index in [-0.39, 0.29) is 5.56 Å². The molecule has 170 valence electrons. The Bertz CT molecular complexity index is 1080. The van der Waals surface area contributed by atoms with Crippen molar-refractivity contribution in [1.29, 1.82) is 0 Å². The maximum Gasteiger partial charge on any atom is 0.459 e. The van der Waals surface area contributed by atoms with Crippen LogP contribution in [0.15, 0.2) is 47.8 Å². The minimum atomic E-state index is -5.87. The van der Waals surface area contributed by atoms with Crippen LogP contribution in [0.2, 0.25) is 0 Å². The molecule has 32 heavy (non-hydrogen) atoms. The molecule has 2 aliphatic rings. The maximum atomic E-state index is 14.4. The number of pyridine rings is 1. The minimum Gasteiger partial charge on any atom is -0.313 e. The molecule has 0 bridgehead atoms. The molecule has 2 aromatic rings. The SMILES string of the molecule is Fc1ccc(N2N=C(C(F)(F)C(F)(F)F)CC2c2cncc(C3=CCNCC3)c2)c(F)c1. The maximum absolute atomic E-state index is 14.4. The quantitative estimate of drug-likeness (QED) is 0.637. The summed E-state index contributed by atoms with van der Waals surface area (Å²) in [7, 11) is 0. The second kappa shape index (κ2) is 8.19. The number of hydrogen-bond donors (Lipinski definition) is 1. The van der Waals surface area contributed by atoms with E-state index in [1.807, 2.05) is 6.08 Å². The standard InChI is InChI=1S/C21H17F7N4/c22-15-1-2-17(16(23)8-15)32-18(9-19(31-32)20(24,25)21(26,27)28)14-7-13(10-30-11-14)12-3-5-29-6-4-12/h1-3,7-8,10-11,18,29H,4-6,9H2. The van der Waals surface area contributed by atoms with Crippen molar-refractivity contribution in [1.82, 2.24) is 10.3 Å². The average molecular weight is 458 g/mol. The zero-order valence-corrected chi connectivity index (χ0v) is 16.4. The first-order valence-corrected chi connectivity index (χ1v) is 9.70. The van der Waals surface area contributed by atoms with Crippen molar-refractivity contribution in [2.24, 2.45) is 5.10 Å². The van der Waals surface area contributed by atoms with Crippen LogP contribution in [0.3, 0.4) is 0 Å². The summed E-state index contributed by atoms with van der Waals surface area (Å²) in [6.45, 7) is 1.35. The van der Waals surface area contributed by atoms with Gasteiger partial charge >= 0.3 is 12.1 Å². The molecule has 11 heteroatoms. The third-order valence-electron chi connectivity index (χ3n) is 5.36. The van der Waals surface area contributed by atoms with Gasteiger partial charge in [-0.1, -0.05) is 6.08 Å². The van der Waals surface area contributed by atoms with Crippen molar-refractivity contribution in [3.63, 3.8) is 0 Å². The summed E-state index contributed by atoms with van der Waals surface area (Å²) in [4.78, 5) is 4.10. The number of rotatable bonds is 4. The number of halogens is 7. The van der Waals surface area contributed by atoms with Gasteiger partial charge in [0.1, 0.15) is 11.5 Å². The summed E-state index contributed by atoms with van der Waals surface area (Å²) >= 11 is 0. The summed E-state index contributed by atoms with van der Waals surface area (Å²) in [5.74, 6) is -7.27. The molecule has 4 rings (SSSR count). The number of benzene rings is 1. The first-order chi connectivity index (χ1) is 15.1. The molecule has 3 heterocycles. The van der Waals surface area contributed by atoms with E-state index in [1.165, 1.54) is 6.20 Å². The summed E-state index contributed by atoms with van der Waals surface area (Å²) < 4.78 is 94.9. The van der Waals surface area contributed by atoms with Crippen LogP contribution in [0.4, 0.5) is 36.4 Å². The van der Waals surface area contributed by atoms with Gasteiger partial charge in [0.2, 0.25) is 0 Å². The summed E-state index contributed by atoms with van der Waals surface area (Å²) in [6, 6.07) is 2.76. The zero-order chi connectivity index (χ0) is 23.1. The predicted octanol–water partition coefficient (Wildman–Crippen LogP) is 5.24. The van der Waals surface area contributed by atoms with Crippen molar-refractivity contribution in [3.05, 3.63) is 65.5 Å². The van der Waals surface area contributed by atoms with Crippen molar-refractivity contribution >= 4 is 17.0 Å². The Morgan fingerprint density at radius 2 is 1.81 bits per heavy atom. The van der Waals surface area contributed by atoms with Gasteiger partial charge in [-0.15, -0.1) is 0 Å². The van der Waals surface area contributed by atoms with Gasteiger partial charge in [-0.05, 0) is 47.9 Å². The summed E-state index contributed by atoms with van der Waals surface area (Å²) in [5.41, 5.74) is 0.0281. The highest BCUT2D eigenvalue weighted by atomic mass is 19.4. The fraction of sp³-hybridized carbons (Fsp3) is 0.333. The largest absolute Gasteiger partial charge is 0.459 e. The van der Waals surface area contributed by atoms with Gasteiger partial charge in [-0.3, -0.25) is 9.99 Å². The molecular formula is C21H17F7N4. The Kier molecular flexibility index (Phi) is 5.70. The van der Waals surface area contributed by atoms with Crippen molar-refractivity contribution < 1.29 is 30.7 Å². The Labute approximate surface area is 178 Å². The molecule has 0 aliphatic carbocycles. The van der Waals surface area contributed by atoms with E-state index in [4.69, 9.17) is 0 Å². The minimum absolute atomic E-state index is 0.280. The summed E-state index contributed by atoms with van der Waals surface area (Å²) in [6.07, 6.45) is -1.20. The van der Waals surface area contributed by atoms with Crippen LogP contribution in [-0.4, -0.2) is 35.9 Å². The van der Waals surface area contributed by atoms with Crippen LogP contribution < -0.4 is 10.3 Å². The van der Waals surface area contributed by atoms with Crippen molar-refractivity contribution in [2.75, 3.05) is 18.1 Å². The topological polar surface area (TPSA) is 40.5 Å². The van der Waals surface area contributed by atoms with Gasteiger partial charge < -0.3 is 5.32 Å². The Morgan fingerprint density at radius 1 is 1.03 bits per heavy atom. The van der Waals surface area contributed by atoms with Crippen LogP contribution in [0.1, 0.15) is 30.0 Å². The molecule has 0 saturated heterocycles. The summed E-state index contributed by atoms with van der Waals surface area (Å²) in [5, 5.41) is 7.33. The zero-order valence-electron chi connectivity index (χ0n) is 16.4. The van der Waals surface area contributed by atoms with E-state index >= 15 is 0 Å². The first-order valence-electron chi connectivity index (χ1n) is 9.70. The number of hydrazone groups is 1. The lowest BCUT2D eigenvalue weighted by molar-refractivity contribution is -0.249. The number of hydrogen-bond acceptors (Lipinski definition) is 4. The van der Waals surface area contributed by atoms with Crippen LogP contribution in [0, 0.1) is 11.6 Å². The average Bonchev–Trinajstić information content (AvgIpc) is 3.19. The van der Waals surface area contributed by atoms with Crippen LogP contribution in [-0.2, 0) is 0 Å². The molecule has 0 spiro atoms. The molecule has 0 saturated carbocycles. The van der Waals surface area contributed by atoms with Gasteiger partial charge in [0.15, 0.2) is 5.82 Å². The van der Waals surface area contributed by atoms with E-state index in [0.717, 1.165) is 29.3 Å². The number of anilines is 1. The number of nitrogens with zero attached hydrogens (tertiary/aromatic N) is 3. The molecule has 0 amide bonds. The molecule has 1 N–H and O–H groups in total. The fourth-order valence-corrected chi connectivity index (χ4v) is 3.71. The number of alkyl halides is 5. The smallest absolute Gasteiger partial charge is 0.313 e. The molecule has 1 atom stereocenters. The Balaban J connectivity index is 1.77. The van der Waals surface area contributed by atoms with E-state index in [9.17, 15) is 30.7 Å². The van der Waals surface area contributed by atoms with Crippen LogP contribution in [0.25, 0.3) is 5.57 Å². The van der Waals surface area contributed by atoms with Gasteiger partial charge in [0.25, 0.3) is 0 Å². The molecular weight excluding hydrogens is 441 g/mol. The molecule has 0 fully saturated rings. The molecule has 2 aliphatic heterocycles. The lowest BCUT2D eigenvalue weighted by Gasteiger charge is -2.25. The normalized spacial score (nSPS) is 19.7. The third-order valence-corrected chi connectivity index (χ3v) is 5.36. The van der Waals surface area contributed by atoms with Crippen LogP contribution in [0.5, 0.6) is 0 Å². The monoisotopic (exact) mass is 458 g/mol. The lowest BCUT2D eigenvalue weighted by atomic mass is 9.95. The van der Waals surface area contributed by atoms with E-state index in [1.54, 1.807) is 12.3 Å². The second-order valence-corrected chi connectivity index (χ2v) is 7.47. The molecule has 1 unspecified atom stereocenters. The van der Waals surface area contributed by atoms with Gasteiger partial charge in [-0.25, -0.2) is 8.78 Å². The highest BCUT2D eigenvalue weighted by molar-refractivity contribution is 5.95. The molecule has 1 aromatic carbocycles. The highest BCUT2D eigenvalue weighted by Gasteiger charge is 2.63. The third kappa shape index (κ3) is 4.08. The Morgan fingerprint density at radius 3 is 2.47 bits per heavy atom. The van der Waals surface area contributed by atoms with Gasteiger partial charge in [0, 0.05) is 31.4 Å². The first kappa shape index (κ1) is 22.3. The number of nitrogens with one attached hydrogen (secondary N) is 1. The Hall–Kier alpha value is -2.95. The molecule has 4 nitrogen and oxygen atoms in total. The highest BCUT2D eigenvalue weighted by Crippen LogP contribution is 2.45. The predicted molar refractivity (Wildman–Crippen MR) is 104 cm³/mol. The second-order valence-electron chi connectivity index (χ2n) is 7.47. The van der Waals surface area contributed by atoms with Crippen molar-refractivity contribution in [3.8, 4) is 0 Å².